The molecule has 0 spiro atoms. The summed E-state index contributed by atoms with van der Waals surface area (Å²) in [6.45, 7) is 1.92. The van der Waals surface area contributed by atoms with Crippen LogP contribution in [-0.2, 0) is 24.0 Å². The molecule has 0 radical (unpaired) electrons. The highest BCUT2D eigenvalue weighted by Gasteiger charge is 2.20. The molecule has 0 aromatic carbocycles. The van der Waals surface area contributed by atoms with Crippen molar-refractivity contribution in [2.75, 3.05) is 19.6 Å². The van der Waals surface area contributed by atoms with E-state index in [2.05, 4.69) is 26.6 Å². The zero-order chi connectivity index (χ0) is 16.7. The molecule has 0 saturated carbocycles. The van der Waals surface area contributed by atoms with Gasteiger partial charge in [0.25, 0.3) is 0 Å². The number of hydrogen-bond donors (Lipinski definition) is 5. The van der Waals surface area contributed by atoms with Crippen molar-refractivity contribution >= 4 is 29.5 Å². The topological polar surface area (TPSA) is 146 Å². The Morgan fingerprint density at radius 2 is 1.00 bits per heavy atom. The molecular formula is C12H19N5O5. The van der Waals surface area contributed by atoms with Crippen molar-refractivity contribution < 1.29 is 24.0 Å². The summed E-state index contributed by atoms with van der Waals surface area (Å²) in [6.07, 6.45) is 0. The fourth-order valence-electron chi connectivity index (χ4n) is 1.60. The molecule has 0 unspecified atom stereocenters. The number of rotatable bonds is 0. The van der Waals surface area contributed by atoms with Crippen LogP contribution in [0.5, 0.6) is 0 Å². The maximum absolute atomic E-state index is 11.7. The second kappa shape index (κ2) is 7.96. The lowest BCUT2D eigenvalue weighted by molar-refractivity contribution is -0.130. The van der Waals surface area contributed by atoms with Gasteiger partial charge >= 0.3 is 0 Å². The number of carbonyl (C=O) groups excluding carboxylic acids is 5. The van der Waals surface area contributed by atoms with Crippen LogP contribution in [0.4, 0.5) is 0 Å². The summed E-state index contributed by atoms with van der Waals surface area (Å²) in [5.74, 6) is -2.79. The highest BCUT2D eigenvalue weighted by atomic mass is 16.2. The third-order valence-electron chi connectivity index (χ3n) is 2.83. The van der Waals surface area contributed by atoms with Crippen LogP contribution in [0.1, 0.15) is 13.8 Å². The van der Waals surface area contributed by atoms with Gasteiger partial charge in [0.1, 0.15) is 12.1 Å². The molecule has 1 rings (SSSR count). The first-order valence-corrected chi connectivity index (χ1v) is 6.70. The van der Waals surface area contributed by atoms with Crippen LogP contribution in [0.2, 0.25) is 0 Å². The summed E-state index contributed by atoms with van der Waals surface area (Å²) in [5.41, 5.74) is 0. The molecule has 2 atom stereocenters. The predicted molar refractivity (Wildman–Crippen MR) is 74.2 cm³/mol. The van der Waals surface area contributed by atoms with Crippen LogP contribution in [0.3, 0.4) is 0 Å². The first kappa shape index (κ1) is 17.4. The van der Waals surface area contributed by atoms with Gasteiger partial charge in [0, 0.05) is 0 Å². The Morgan fingerprint density at radius 1 is 0.636 bits per heavy atom. The minimum Gasteiger partial charge on any atom is -0.346 e. The average molecular weight is 313 g/mol. The van der Waals surface area contributed by atoms with Crippen molar-refractivity contribution in [2.24, 2.45) is 0 Å². The highest BCUT2D eigenvalue weighted by Crippen LogP contribution is 1.86. The van der Waals surface area contributed by atoms with E-state index in [1.165, 1.54) is 13.8 Å². The normalized spacial score (nSPS) is 25.6. The number of nitrogens with one attached hydrogen (secondary N) is 5. The van der Waals surface area contributed by atoms with Gasteiger partial charge < -0.3 is 26.6 Å². The number of hydrogen-bond acceptors (Lipinski definition) is 5. The smallest absolute Gasteiger partial charge is 0.242 e. The van der Waals surface area contributed by atoms with Crippen molar-refractivity contribution in [1.29, 1.82) is 0 Å². The van der Waals surface area contributed by atoms with E-state index >= 15 is 0 Å². The van der Waals surface area contributed by atoms with E-state index in [1.807, 2.05) is 0 Å². The summed E-state index contributed by atoms with van der Waals surface area (Å²) < 4.78 is 0. The second-order valence-electron chi connectivity index (χ2n) is 4.79. The van der Waals surface area contributed by atoms with Crippen molar-refractivity contribution in [2.45, 2.75) is 25.9 Å². The van der Waals surface area contributed by atoms with Crippen molar-refractivity contribution in [1.82, 2.24) is 26.6 Å². The molecule has 0 aromatic heterocycles. The molecule has 5 amide bonds. The third-order valence-corrected chi connectivity index (χ3v) is 2.83. The Hall–Kier alpha value is -2.65. The van der Waals surface area contributed by atoms with Crippen LogP contribution in [0.15, 0.2) is 0 Å². The SMILES string of the molecule is C[C@@H]1NC(=O)CNC(=O)CNC(=O)[C@@H](C)NC(=O)CNC1=O. The van der Waals surface area contributed by atoms with Crippen molar-refractivity contribution in [3.63, 3.8) is 0 Å². The molecule has 122 valence electrons. The molecule has 0 aromatic rings. The zero-order valence-corrected chi connectivity index (χ0v) is 12.3. The van der Waals surface area contributed by atoms with Gasteiger partial charge in [0.2, 0.25) is 29.5 Å². The fraction of sp³-hybridized carbons (Fsp3) is 0.583. The van der Waals surface area contributed by atoms with Gasteiger partial charge in [0.05, 0.1) is 19.6 Å². The summed E-state index contributed by atoms with van der Waals surface area (Å²) >= 11 is 0. The summed E-state index contributed by atoms with van der Waals surface area (Å²) in [4.78, 5) is 57.9. The maximum atomic E-state index is 11.7. The monoisotopic (exact) mass is 313 g/mol. The van der Waals surface area contributed by atoms with Gasteiger partial charge in [-0.25, -0.2) is 0 Å². The fourth-order valence-corrected chi connectivity index (χ4v) is 1.60. The molecule has 0 bridgehead atoms. The van der Waals surface area contributed by atoms with E-state index < -0.39 is 41.6 Å². The van der Waals surface area contributed by atoms with Crippen LogP contribution in [0.25, 0.3) is 0 Å². The Morgan fingerprint density at radius 3 is 1.45 bits per heavy atom. The molecule has 1 heterocycles. The van der Waals surface area contributed by atoms with Crippen LogP contribution in [0, 0.1) is 0 Å². The molecule has 1 aliphatic heterocycles. The van der Waals surface area contributed by atoms with E-state index in [0.717, 1.165) is 0 Å². The van der Waals surface area contributed by atoms with Gasteiger partial charge in [-0.15, -0.1) is 0 Å². The summed E-state index contributed by atoms with van der Waals surface area (Å²) in [7, 11) is 0. The van der Waals surface area contributed by atoms with E-state index in [1.54, 1.807) is 0 Å². The minimum absolute atomic E-state index is 0.320. The molecule has 0 aliphatic carbocycles. The highest BCUT2D eigenvalue weighted by molar-refractivity contribution is 5.94. The van der Waals surface area contributed by atoms with Crippen LogP contribution in [-0.4, -0.2) is 61.3 Å². The van der Waals surface area contributed by atoms with E-state index in [9.17, 15) is 24.0 Å². The van der Waals surface area contributed by atoms with Crippen molar-refractivity contribution in [3.8, 4) is 0 Å². The summed E-state index contributed by atoms with van der Waals surface area (Å²) in [5, 5.41) is 11.7. The van der Waals surface area contributed by atoms with Gasteiger partial charge in [-0.2, -0.15) is 0 Å². The number of carbonyl (C=O) groups is 5. The van der Waals surface area contributed by atoms with Gasteiger partial charge in [-0.05, 0) is 13.8 Å². The van der Waals surface area contributed by atoms with Crippen molar-refractivity contribution in [3.05, 3.63) is 0 Å². The van der Waals surface area contributed by atoms with Gasteiger partial charge in [-0.3, -0.25) is 24.0 Å². The lowest BCUT2D eigenvalue weighted by Crippen LogP contribution is -2.50. The lowest BCUT2D eigenvalue weighted by atomic mass is 10.3. The van der Waals surface area contributed by atoms with Gasteiger partial charge in [0.15, 0.2) is 0 Å². The van der Waals surface area contributed by atoms with Gasteiger partial charge in [-0.1, -0.05) is 0 Å². The molecule has 22 heavy (non-hydrogen) atoms. The lowest BCUT2D eigenvalue weighted by Gasteiger charge is -2.15. The average Bonchev–Trinajstić information content (AvgIpc) is 2.47. The minimum atomic E-state index is -0.862. The Balaban J connectivity index is 2.74. The quantitative estimate of drug-likeness (QED) is 0.313. The Kier molecular flexibility index (Phi) is 6.29. The third kappa shape index (κ3) is 5.77. The molecule has 1 aliphatic rings. The summed E-state index contributed by atoms with van der Waals surface area (Å²) in [6, 6.07) is -1.72. The van der Waals surface area contributed by atoms with E-state index in [-0.39, 0.29) is 19.6 Å². The molecular weight excluding hydrogens is 294 g/mol. The van der Waals surface area contributed by atoms with Crippen LogP contribution >= 0.6 is 0 Å². The Bertz CT molecular complexity index is 492. The maximum Gasteiger partial charge on any atom is 0.242 e. The largest absolute Gasteiger partial charge is 0.346 e. The number of amides is 5. The Labute approximate surface area is 126 Å². The zero-order valence-electron chi connectivity index (χ0n) is 12.3. The molecule has 1 saturated heterocycles. The second-order valence-corrected chi connectivity index (χ2v) is 4.79. The van der Waals surface area contributed by atoms with E-state index in [0.29, 0.717) is 0 Å². The molecule has 5 N–H and O–H groups in total. The van der Waals surface area contributed by atoms with Crippen LogP contribution < -0.4 is 26.6 Å². The predicted octanol–water partition coefficient (Wildman–Crippen LogP) is -3.64. The first-order valence-electron chi connectivity index (χ1n) is 6.70. The molecule has 1 fully saturated rings. The van der Waals surface area contributed by atoms with E-state index in [4.69, 9.17) is 0 Å². The first-order chi connectivity index (χ1) is 10.3. The molecule has 10 heteroatoms. The molecule has 10 nitrogen and oxygen atoms in total. The standard InChI is InChI=1S/C12H19N5O5/c1-6-11(21)14-3-8(18)13-4-9(19)16-7(2)12(22)15-5-10(20)17-6/h6-7H,3-5H2,1-2H3,(H,13,18)(H,14,21)(H,15,22)(H,16,19)(H,17,20)/t6-,7+/m1/s1.